The molecular formula is C10H15NO3S2. The largest absolute Gasteiger partial charge is 0.392 e. The van der Waals surface area contributed by atoms with E-state index >= 15 is 0 Å². The van der Waals surface area contributed by atoms with Gasteiger partial charge >= 0.3 is 0 Å². The van der Waals surface area contributed by atoms with E-state index in [-0.39, 0.29) is 10.8 Å². The van der Waals surface area contributed by atoms with Crippen molar-refractivity contribution in [1.82, 2.24) is 4.72 Å². The molecule has 2 N–H and O–H groups in total. The molecular weight excluding hydrogens is 246 g/mol. The van der Waals surface area contributed by atoms with Gasteiger partial charge in [-0.05, 0) is 35.8 Å². The Balaban J connectivity index is 1.99. The standard InChI is InChI=1S/C10H15NO3S2/c12-6-9-4-10(15-7-9)16(13,14)11-5-8-2-1-3-8/h4,7-8,11-12H,1-3,5-6H2. The Morgan fingerprint density at radius 3 is 2.75 bits per heavy atom. The first-order valence-corrected chi connectivity index (χ1v) is 7.66. The van der Waals surface area contributed by atoms with Crippen LogP contribution in [0.15, 0.2) is 15.7 Å². The van der Waals surface area contributed by atoms with Gasteiger partial charge in [-0.15, -0.1) is 11.3 Å². The van der Waals surface area contributed by atoms with E-state index in [0.717, 1.165) is 24.2 Å². The van der Waals surface area contributed by atoms with Crippen molar-refractivity contribution in [3.05, 3.63) is 17.0 Å². The van der Waals surface area contributed by atoms with Crippen molar-refractivity contribution in [2.24, 2.45) is 5.92 Å². The monoisotopic (exact) mass is 261 g/mol. The molecule has 0 saturated heterocycles. The first-order chi connectivity index (χ1) is 7.62. The molecule has 0 atom stereocenters. The summed E-state index contributed by atoms with van der Waals surface area (Å²) < 4.78 is 26.6. The zero-order valence-electron chi connectivity index (χ0n) is 8.85. The lowest BCUT2D eigenvalue weighted by Crippen LogP contribution is -2.31. The Morgan fingerprint density at radius 2 is 2.25 bits per heavy atom. The van der Waals surface area contributed by atoms with Crippen LogP contribution in [-0.4, -0.2) is 20.1 Å². The molecule has 1 heterocycles. The van der Waals surface area contributed by atoms with E-state index < -0.39 is 10.0 Å². The van der Waals surface area contributed by atoms with Gasteiger partial charge < -0.3 is 5.11 Å². The molecule has 1 saturated carbocycles. The van der Waals surface area contributed by atoms with Crippen molar-refractivity contribution in [2.45, 2.75) is 30.1 Å². The van der Waals surface area contributed by atoms with Crippen LogP contribution in [-0.2, 0) is 16.6 Å². The van der Waals surface area contributed by atoms with E-state index in [1.807, 2.05) is 0 Å². The number of hydrogen-bond acceptors (Lipinski definition) is 4. The molecule has 0 bridgehead atoms. The highest BCUT2D eigenvalue weighted by atomic mass is 32.2. The van der Waals surface area contributed by atoms with Crippen molar-refractivity contribution in [2.75, 3.05) is 6.54 Å². The highest BCUT2D eigenvalue weighted by Gasteiger charge is 2.22. The summed E-state index contributed by atoms with van der Waals surface area (Å²) in [6, 6.07) is 1.52. The summed E-state index contributed by atoms with van der Waals surface area (Å²) in [5.74, 6) is 0.507. The first kappa shape index (κ1) is 12.0. The van der Waals surface area contributed by atoms with Crippen molar-refractivity contribution in [1.29, 1.82) is 0 Å². The first-order valence-electron chi connectivity index (χ1n) is 5.30. The van der Waals surface area contributed by atoms with Gasteiger partial charge in [0, 0.05) is 6.54 Å². The maximum atomic E-state index is 11.8. The van der Waals surface area contributed by atoms with Crippen molar-refractivity contribution in [3.63, 3.8) is 0 Å². The molecule has 16 heavy (non-hydrogen) atoms. The molecule has 1 aliphatic rings. The Morgan fingerprint density at radius 1 is 1.50 bits per heavy atom. The minimum Gasteiger partial charge on any atom is -0.392 e. The fraction of sp³-hybridized carbons (Fsp3) is 0.600. The minimum absolute atomic E-state index is 0.116. The molecule has 1 aliphatic carbocycles. The maximum absolute atomic E-state index is 11.8. The molecule has 2 rings (SSSR count). The molecule has 0 spiro atoms. The molecule has 4 nitrogen and oxygen atoms in total. The number of nitrogens with one attached hydrogen (secondary N) is 1. The number of aliphatic hydroxyl groups is 1. The van der Waals surface area contributed by atoms with Crippen LogP contribution >= 0.6 is 11.3 Å². The summed E-state index contributed by atoms with van der Waals surface area (Å²) >= 11 is 1.15. The summed E-state index contributed by atoms with van der Waals surface area (Å²) in [5.41, 5.74) is 0.647. The summed E-state index contributed by atoms with van der Waals surface area (Å²) in [6.45, 7) is 0.420. The molecule has 0 aromatic carbocycles. The molecule has 1 aromatic heterocycles. The predicted molar refractivity (Wildman–Crippen MR) is 62.8 cm³/mol. The lowest BCUT2D eigenvalue weighted by molar-refractivity contribution is 0.282. The number of rotatable bonds is 5. The van der Waals surface area contributed by atoms with Crippen LogP contribution in [0.1, 0.15) is 24.8 Å². The molecule has 0 radical (unpaired) electrons. The number of aliphatic hydroxyl groups excluding tert-OH is 1. The van der Waals surface area contributed by atoms with E-state index in [0.29, 0.717) is 18.0 Å². The summed E-state index contributed by atoms with van der Waals surface area (Å²) in [7, 11) is -3.36. The fourth-order valence-corrected chi connectivity index (χ4v) is 3.93. The van der Waals surface area contributed by atoms with Gasteiger partial charge in [0.05, 0.1) is 6.61 Å². The Labute approximate surface area is 99.4 Å². The van der Waals surface area contributed by atoms with Gasteiger partial charge in [-0.2, -0.15) is 0 Å². The van der Waals surface area contributed by atoms with E-state index in [9.17, 15) is 8.42 Å². The number of thiophene rings is 1. The van der Waals surface area contributed by atoms with E-state index in [4.69, 9.17) is 5.11 Å². The smallest absolute Gasteiger partial charge is 0.250 e. The van der Waals surface area contributed by atoms with Crippen molar-refractivity contribution < 1.29 is 13.5 Å². The van der Waals surface area contributed by atoms with Gasteiger partial charge in [0.15, 0.2) is 0 Å². The highest BCUT2D eigenvalue weighted by molar-refractivity contribution is 7.91. The third-order valence-electron chi connectivity index (χ3n) is 2.86. The van der Waals surface area contributed by atoms with Gasteiger partial charge in [0.2, 0.25) is 10.0 Å². The van der Waals surface area contributed by atoms with Gasteiger partial charge in [-0.25, -0.2) is 13.1 Å². The van der Waals surface area contributed by atoms with Crippen LogP contribution in [0, 0.1) is 5.92 Å². The Bertz CT molecular complexity index is 448. The third-order valence-corrected chi connectivity index (χ3v) is 5.78. The van der Waals surface area contributed by atoms with Crippen LogP contribution in [0.25, 0.3) is 0 Å². The molecule has 0 amide bonds. The molecule has 6 heteroatoms. The van der Waals surface area contributed by atoms with Gasteiger partial charge in [-0.1, -0.05) is 6.42 Å². The second-order valence-corrected chi connectivity index (χ2v) is 6.99. The Hall–Kier alpha value is -0.430. The van der Waals surface area contributed by atoms with Gasteiger partial charge in [-0.3, -0.25) is 0 Å². The highest BCUT2D eigenvalue weighted by Crippen LogP contribution is 2.26. The lowest BCUT2D eigenvalue weighted by atomic mass is 9.86. The third kappa shape index (κ3) is 2.63. The predicted octanol–water partition coefficient (Wildman–Crippen LogP) is 1.32. The molecule has 0 aliphatic heterocycles. The van der Waals surface area contributed by atoms with Crippen LogP contribution in [0.5, 0.6) is 0 Å². The van der Waals surface area contributed by atoms with Crippen molar-refractivity contribution in [3.8, 4) is 0 Å². The minimum atomic E-state index is -3.36. The lowest BCUT2D eigenvalue weighted by Gasteiger charge is -2.25. The zero-order valence-corrected chi connectivity index (χ0v) is 10.5. The topological polar surface area (TPSA) is 66.4 Å². The average molecular weight is 261 g/mol. The normalized spacial score (nSPS) is 17.3. The fourth-order valence-electron chi connectivity index (χ4n) is 1.57. The Kier molecular flexibility index (Phi) is 3.63. The zero-order chi connectivity index (χ0) is 11.6. The maximum Gasteiger partial charge on any atom is 0.250 e. The van der Waals surface area contributed by atoms with E-state index in [1.165, 1.54) is 12.5 Å². The average Bonchev–Trinajstić information content (AvgIpc) is 2.63. The van der Waals surface area contributed by atoms with Crippen molar-refractivity contribution >= 4 is 21.4 Å². The molecule has 0 unspecified atom stereocenters. The molecule has 1 aromatic rings. The van der Waals surface area contributed by atoms with Gasteiger partial charge in [0.1, 0.15) is 4.21 Å². The number of hydrogen-bond donors (Lipinski definition) is 2. The van der Waals surface area contributed by atoms with Crippen LogP contribution in [0.2, 0.25) is 0 Å². The SMILES string of the molecule is O=S(=O)(NCC1CCC1)c1cc(CO)cs1. The van der Waals surface area contributed by atoms with E-state index in [2.05, 4.69) is 4.72 Å². The van der Waals surface area contributed by atoms with Crippen LogP contribution in [0.4, 0.5) is 0 Å². The quantitative estimate of drug-likeness (QED) is 0.840. The summed E-state index contributed by atoms with van der Waals surface area (Å²) in [4.78, 5) is 0. The molecule has 90 valence electrons. The second kappa shape index (κ2) is 4.83. The summed E-state index contributed by atoms with van der Waals surface area (Å²) in [6.07, 6.45) is 3.45. The number of sulfonamides is 1. The van der Waals surface area contributed by atoms with Crippen LogP contribution < -0.4 is 4.72 Å². The van der Waals surface area contributed by atoms with E-state index in [1.54, 1.807) is 5.38 Å². The summed E-state index contributed by atoms with van der Waals surface area (Å²) in [5, 5.41) is 10.5. The van der Waals surface area contributed by atoms with Gasteiger partial charge in [0.25, 0.3) is 0 Å². The van der Waals surface area contributed by atoms with Crippen LogP contribution in [0.3, 0.4) is 0 Å². The second-order valence-electron chi connectivity index (χ2n) is 4.08. The molecule has 1 fully saturated rings.